The standard InChI is InChI=1S/C26H29N7O10S2/c1-26(2)17(23(35)33(26)43-45(38,39)40)10-19(34)21(18-13-44-25(28)31-18)32-42-20(24(36)37)12-41-16-7-5-14(6-8-16)22(27)30-11-15-4-3-9-29-15/h3,5-9,13,17,20H,4,10-12H2,1-2H3,(H2,27,30)(H2,28,31)(H,36,37)(H,38,39,40)/b32-21-/t17-,20?/m1/s1. The number of hydrogen-bond donors (Lipinski definition) is 4. The smallest absolute Gasteiger partial charge is 0.418 e. The molecule has 2 aliphatic rings. The van der Waals surface area contributed by atoms with Gasteiger partial charge in [-0.15, -0.1) is 15.6 Å². The Bertz CT molecular complexity index is 1700. The first-order chi connectivity index (χ1) is 21.2. The highest BCUT2D eigenvalue weighted by Gasteiger charge is 2.57. The van der Waals surface area contributed by atoms with Gasteiger partial charge in [0.05, 0.1) is 18.0 Å². The molecule has 240 valence electrons. The Morgan fingerprint density at radius 1 is 1.27 bits per heavy atom. The van der Waals surface area contributed by atoms with Crippen molar-refractivity contribution in [3.05, 3.63) is 53.2 Å². The number of rotatable bonds is 15. The van der Waals surface area contributed by atoms with Crippen LogP contribution < -0.4 is 16.2 Å². The third-order valence-corrected chi connectivity index (χ3v) is 7.72. The van der Waals surface area contributed by atoms with Crippen LogP contribution in [0.3, 0.4) is 0 Å². The molecule has 45 heavy (non-hydrogen) atoms. The summed E-state index contributed by atoms with van der Waals surface area (Å²) < 4.78 is 41.0. The fourth-order valence-electron chi connectivity index (χ4n) is 4.22. The van der Waals surface area contributed by atoms with Crippen LogP contribution >= 0.6 is 11.3 Å². The molecule has 1 aromatic carbocycles. The number of thiazole rings is 1. The van der Waals surface area contributed by atoms with Gasteiger partial charge in [-0.05, 0) is 38.1 Å². The fraction of sp³-hybridized carbons (Fsp3) is 0.346. The van der Waals surface area contributed by atoms with Gasteiger partial charge in [-0.1, -0.05) is 11.2 Å². The number of carbonyl (C=O) groups excluding carboxylic acids is 2. The molecule has 2 aromatic rings. The third kappa shape index (κ3) is 8.26. The van der Waals surface area contributed by atoms with Crippen LogP contribution in [0.5, 0.6) is 5.75 Å². The lowest BCUT2D eigenvalue weighted by Gasteiger charge is -2.50. The van der Waals surface area contributed by atoms with E-state index in [-0.39, 0.29) is 10.8 Å². The molecule has 19 heteroatoms. The van der Waals surface area contributed by atoms with E-state index in [0.29, 0.717) is 28.8 Å². The van der Waals surface area contributed by atoms with Crippen LogP contribution in [0, 0.1) is 5.92 Å². The van der Waals surface area contributed by atoms with Gasteiger partial charge in [0.1, 0.15) is 23.9 Å². The molecule has 4 rings (SSSR count). The summed E-state index contributed by atoms with van der Waals surface area (Å²) in [5.41, 5.74) is 11.5. The normalized spacial score (nSPS) is 18.7. The van der Waals surface area contributed by atoms with E-state index in [1.807, 2.05) is 6.08 Å². The van der Waals surface area contributed by atoms with Gasteiger partial charge in [-0.25, -0.2) is 9.78 Å². The Balaban J connectivity index is 1.42. The number of benzene rings is 1. The molecule has 2 atom stereocenters. The molecule has 2 aliphatic heterocycles. The van der Waals surface area contributed by atoms with Crippen molar-refractivity contribution in [2.75, 3.05) is 18.9 Å². The quantitative estimate of drug-likeness (QED) is 0.0682. The van der Waals surface area contributed by atoms with Crippen molar-refractivity contribution in [1.82, 2.24) is 10.0 Å². The van der Waals surface area contributed by atoms with Gasteiger partial charge in [-0.2, -0.15) is 13.5 Å². The molecule has 0 spiro atoms. The Morgan fingerprint density at radius 3 is 2.53 bits per heavy atom. The Morgan fingerprint density at radius 2 is 1.98 bits per heavy atom. The number of amides is 1. The minimum Gasteiger partial charge on any atom is -0.489 e. The van der Waals surface area contributed by atoms with Crippen LogP contribution in [0.1, 0.15) is 37.9 Å². The number of aromatic nitrogens is 1. The number of nitrogen functional groups attached to an aromatic ring is 1. The minimum atomic E-state index is -4.99. The van der Waals surface area contributed by atoms with E-state index >= 15 is 0 Å². The van der Waals surface area contributed by atoms with E-state index in [4.69, 9.17) is 25.6 Å². The zero-order chi connectivity index (χ0) is 32.9. The van der Waals surface area contributed by atoms with Gasteiger partial charge in [0.15, 0.2) is 16.6 Å². The molecule has 1 aromatic heterocycles. The highest BCUT2D eigenvalue weighted by atomic mass is 32.3. The number of hydroxylamine groups is 2. The van der Waals surface area contributed by atoms with Crippen LogP contribution in [0.4, 0.5) is 5.13 Å². The topological polar surface area (TPSA) is 259 Å². The van der Waals surface area contributed by atoms with Crippen molar-refractivity contribution >= 4 is 61.8 Å². The first-order valence-electron chi connectivity index (χ1n) is 13.1. The van der Waals surface area contributed by atoms with Crippen LogP contribution in [0.2, 0.25) is 0 Å². The zero-order valence-electron chi connectivity index (χ0n) is 23.9. The van der Waals surface area contributed by atoms with Crippen molar-refractivity contribution in [3.8, 4) is 5.75 Å². The number of ketones is 1. The van der Waals surface area contributed by atoms with Crippen LogP contribution in [0.25, 0.3) is 0 Å². The lowest BCUT2D eigenvalue weighted by Crippen LogP contribution is -2.68. The van der Waals surface area contributed by atoms with E-state index < -0.39 is 64.4 Å². The molecule has 17 nitrogen and oxygen atoms in total. The van der Waals surface area contributed by atoms with Gasteiger partial charge in [0, 0.05) is 35.7 Å². The Labute approximate surface area is 260 Å². The molecule has 1 amide bonds. The van der Waals surface area contributed by atoms with Gasteiger partial charge in [0.2, 0.25) is 0 Å². The lowest BCUT2D eigenvalue weighted by atomic mass is 9.74. The molecule has 0 saturated carbocycles. The van der Waals surface area contributed by atoms with Gasteiger partial charge >= 0.3 is 16.4 Å². The van der Waals surface area contributed by atoms with Crippen molar-refractivity contribution < 1.29 is 46.3 Å². The van der Waals surface area contributed by atoms with Gasteiger partial charge in [0.25, 0.3) is 12.0 Å². The molecule has 1 unspecified atom stereocenters. The van der Waals surface area contributed by atoms with Crippen LogP contribution in [-0.2, 0) is 33.9 Å². The maximum atomic E-state index is 13.3. The lowest BCUT2D eigenvalue weighted by molar-refractivity contribution is -0.228. The average Bonchev–Trinajstić information content (AvgIpc) is 3.66. The third-order valence-electron chi connectivity index (χ3n) is 6.71. The predicted molar refractivity (Wildman–Crippen MR) is 161 cm³/mol. The maximum absolute atomic E-state index is 13.3. The number of aliphatic carboxylic acids is 1. The van der Waals surface area contributed by atoms with E-state index in [1.54, 1.807) is 30.5 Å². The number of hydrogen-bond acceptors (Lipinski definition) is 14. The Hall–Kier alpha value is -4.72. The van der Waals surface area contributed by atoms with Crippen LogP contribution in [0.15, 0.2) is 57.1 Å². The predicted octanol–water partition coefficient (Wildman–Crippen LogP) is 0.973. The SMILES string of the molecule is CC1(C)[C@H](CC(=O)/C(=N\OC(COc2ccc(C(N)=NCC3=NC=CC3)cc2)C(=O)O)c2csc(N)n2)C(=O)N1OS(=O)(=O)O. The molecule has 1 fully saturated rings. The first kappa shape index (κ1) is 33.2. The summed E-state index contributed by atoms with van der Waals surface area (Å²) in [5.74, 6) is -3.62. The zero-order valence-corrected chi connectivity index (χ0v) is 25.5. The van der Waals surface area contributed by atoms with Crippen LogP contribution in [-0.4, -0.2) is 87.8 Å². The number of allylic oxidation sites excluding steroid dienone is 1. The number of carbonyl (C=O) groups is 3. The minimum absolute atomic E-state index is 0.0331. The van der Waals surface area contributed by atoms with E-state index in [9.17, 15) is 27.9 Å². The number of aliphatic imine (C=N–C) groups is 2. The van der Waals surface area contributed by atoms with Gasteiger partial charge in [-0.3, -0.25) is 24.1 Å². The molecule has 0 radical (unpaired) electrons. The molecule has 0 aliphatic carbocycles. The van der Waals surface area contributed by atoms with E-state index in [2.05, 4.69) is 24.4 Å². The molecule has 1 saturated heterocycles. The number of Topliss-reactive ketones (excluding diaryl/α,β-unsaturated/α-hetero) is 1. The summed E-state index contributed by atoms with van der Waals surface area (Å²) in [4.78, 5) is 55.4. The number of nitrogens with zero attached hydrogens (tertiary/aromatic N) is 5. The number of ether oxygens (including phenoxy) is 1. The summed E-state index contributed by atoms with van der Waals surface area (Å²) in [6.45, 7) is 2.69. The summed E-state index contributed by atoms with van der Waals surface area (Å²) >= 11 is 0.978. The molecular weight excluding hydrogens is 634 g/mol. The fourth-order valence-corrected chi connectivity index (χ4v) is 5.22. The summed E-state index contributed by atoms with van der Waals surface area (Å²) in [5, 5.41) is 15.3. The van der Waals surface area contributed by atoms with Gasteiger partial charge < -0.3 is 26.1 Å². The molecule has 3 heterocycles. The second-order valence-corrected chi connectivity index (χ2v) is 12.1. The number of carboxylic acids is 1. The molecular formula is C26H29N7O10S2. The Kier molecular flexibility index (Phi) is 9.96. The average molecular weight is 664 g/mol. The number of nitrogens with two attached hydrogens (primary N) is 2. The van der Waals surface area contributed by atoms with Crippen molar-refractivity contribution in [2.45, 2.75) is 38.3 Å². The van der Waals surface area contributed by atoms with E-state index in [0.717, 1.165) is 23.5 Å². The van der Waals surface area contributed by atoms with Crippen molar-refractivity contribution in [1.29, 1.82) is 0 Å². The van der Waals surface area contributed by atoms with Crippen molar-refractivity contribution in [2.24, 2.45) is 26.8 Å². The highest BCUT2D eigenvalue weighted by molar-refractivity contribution is 7.80. The summed E-state index contributed by atoms with van der Waals surface area (Å²) in [6, 6.07) is 6.42. The number of oxime groups is 1. The number of carboxylic acid groups (broad SMARTS) is 1. The number of β-lactam (4-membered cyclic amide) rings is 1. The second-order valence-electron chi connectivity index (χ2n) is 10.2. The summed E-state index contributed by atoms with van der Waals surface area (Å²) in [6.07, 6.45) is 2.17. The molecule has 6 N–H and O–H groups in total. The second kappa shape index (κ2) is 13.5. The largest absolute Gasteiger partial charge is 0.489 e. The highest BCUT2D eigenvalue weighted by Crippen LogP contribution is 2.40. The van der Waals surface area contributed by atoms with E-state index in [1.165, 1.54) is 19.2 Å². The maximum Gasteiger partial charge on any atom is 0.418 e. The first-order valence-corrected chi connectivity index (χ1v) is 15.4. The number of amidine groups is 1. The monoisotopic (exact) mass is 663 g/mol. The van der Waals surface area contributed by atoms with Crippen molar-refractivity contribution in [3.63, 3.8) is 0 Å². The number of anilines is 1. The molecule has 0 bridgehead atoms. The summed E-state index contributed by atoms with van der Waals surface area (Å²) in [7, 11) is -4.99.